The van der Waals surface area contributed by atoms with Gasteiger partial charge < -0.3 is 24.4 Å². The molecule has 6 nitrogen and oxygen atoms in total. The summed E-state index contributed by atoms with van der Waals surface area (Å²) in [5, 5.41) is 16.2. The third-order valence-electron chi connectivity index (χ3n) is 2.62. The van der Waals surface area contributed by atoms with Gasteiger partial charge in [-0.1, -0.05) is 31.5 Å². The second kappa shape index (κ2) is 22.5. The Hall–Kier alpha value is -1.47. The normalized spacial score (nSPS) is 9.32. The fourth-order valence-electron chi connectivity index (χ4n) is 1.40. The number of esters is 1. The second-order valence-electron chi connectivity index (χ2n) is 4.70. The number of ether oxygens (including phenoxy) is 3. The Morgan fingerprint density at radius 3 is 1.84 bits per heavy atom. The van der Waals surface area contributed by atoms with Crippen molar-refractivity contribution in [2.45, 2.75) is 33.6 Å². The van der Waals surface area contributed by atoms with Crippen molar-refractivity contribution in [3.05, 3.63) is 35.9 Å². The van der Waals surface area contributed by atoms with E-state index in [2.05, 4.69) is 11.7 Å². The monoisotopic (exact) mass is 358 g/mol. The van der Waals surface area contributed by atoms with Crippen LogP contribution >= 0.6 is 0 Å². The van der Waals surface area contributed by atoms with Gasteiger partial charge in [0.25, 0.3) is 0 Å². The summed E-state index contributed by atoms with van der Waals surface area (Å²) >= 11 is 0. The van der Waals surface area contributed by atoms with Crippen LogP contribution in [-0.2, 0) is 14.2 Å². The van der Waals surface area contributed by atoms with Gasteiger partial charge in [-0.2, -0.15) is 0 Å². The molecule has 0 heterocycles. The van der Waals surface area contributed by atoms with Crippen LogP contribution in [-0.4, -0.2) is 62.4 Å². The first-order chi connectivity index (χ1) is 12.2. The molecule has 0 unspecified atom stereocenters. The number of aliphatic hydroxyl groups is 2. The van der Waals surface area contributed by atoms with Crippen LogP contribution in [0.5, 0.6) is 0 Å². The fourth-order valence-corrected chi connectivity index (χ4v) is 1.40. The highest BCUT2D eigenvalue weighted by Gasteiger charge is 2.03. The summed E-state index contributed by atoms with van der Waals surface area (Å²) in [5.74, 6) is -0.228. The Morgan fingerprint density at radius 1 is 0.880 bits per heavy atom. The number of hydrogen-bond acceptors (Lipinski definition) is 6. The standard InChI is InChI=1S/C11H14O2.C4H10O3.C4H10O/c1-2-3-9-13-11(12)10-7-5-4-6-8-10;5-1-3-7-4-2-6;1-3-5-4-2/h4-8H,2-3,9H2,1H3;5-6H,1-4H2;3-4H2,1-2H3. The number of carbonyl (C=O) groups is 1. The van der Waals surface area contributed by atoms with Gasteiger partial charge in [-0.3, -0.25) is 0 Å². The molecule has 2 N–H and O–H groups in total. The Balaban J connectivity index is 0. The average molecular weight is 358 g/mol. The first-order valence-electron chi connectivity index (χ1n) is 8.77. The molecule has 0 saturated carbocycles. The third kappa shape index (κ3) is 20.5. The first-order valence-corrected chi connectivity index (χ1v) is 8.77. The van der Waals surface area contributed by atoms with Gasteiger partial charge in [-0.25, -0.2) is 4.79 Å². The molecule has 0 aliphatic rings. The van der Waals surface area contributed by atoms with Crippen LogP contribution in [0.15, 0.2) is 30.3 Å². The van der Waals surface area contributed by atoms with E-state index in [0.29, 0.717) is 25.4 Å². The van der Waals surface area contributed by atoms with E-state index in [4.69, 9.17) is 19.7 Å². The Morgan fingerprint density at radius 2 is 1.44 bits per heavy atom. The SMILES string of the molecule is CCCCOC(=O)c1ccccc1.CCOCC.OCCOCCO. The third-order valence-corrected chi connectivity index (χ3v) is 2.62. The van der Waals surface area contributed by atoms with Crippen molar-refractivity contribution in [3.63, 3.8) is 0 Å². The van der Waals surface area contributed by atoms with Crippen LogP contribution in [0.3, 0.4) is 0 Å². The van der Waals surface area contributed by atoms with Crippen molar-refractivity contribution in [1.29, 1.82) is 0 Å². The van der Waals surface area contributed by atoms with E-state index in [1.54, 1.807) is 12.1 Å². The predicted molar refractivity (Wildman–Crippen MR) is 98.8 cm³/mol. The average Bonchev–Trinajstić information content (AvgIpc) is 2.65. The van der Waals surface area contributed by atoms with E-state index in [9.17, 15) is 4.79 Å². The lowest BCUT2D eigenvalue weighted by Crippen LogP contribution is -2.05. The number of carbonyl (C=O) groups excluding carboxylic acids is 1. The van der Waals surface area contributed by atoms with E-state index >= 15 is 0 Å². The van der Waals surface area contributed by atoms with E-state index in [0.717, 1.165) is 26.1 Å². The summed E-state index contributed by atoms with van der Waals surface area (Å²) in [6.45, 7) is 8.95. The maximum atomic E-state index is 11.3. The maximum Gasteiger partial charge on any atom is 0.338 e. The number of unbranched alkanes of at least 4 members (excludes halogenated alkanes) is 1. The lowest BCUT2D eigenvalue weighted by atomic mass is 10.2. The lowest BCUT2D eigenvalue weighted by molar-refractivity contribution is 0.0499. The Bertz CT molecular complexity index is 363. The van der Waals surface area contributed by atoms with Gasteiger partial charge in [0.1, 0.15) is 0 Å². The molecule has 0 amide bonds. The van der Waals surface area contributed by atoms with Crippen LogP contribution < -0.4 is 0 Å². The lowest BCUT2D eigenvalue weighted by Gasteiger charge is -2.02. The number of aliphatic hydroxyl groups excluding tert-OH is 2. The molecule has 0 atom stereocenters. The molecule has 0 aromatic heterocycles. The minimum absolute atomic E-state index is 0.0278. The fraction of sp³-hybridized carbons (Fsp3) is 0.632. The summed E-state index contributed by atoms with van der Waals surface area (Å²) in [5.41, 5.74) is 0.624. The van der Waals surface area contributed by atoms with Crippen molar-refractivity contribution in [2.75, 3.05) is 46.2 Å². The topological polar surface area (TPSA) is 85.2 Å². The maximum absolute atomic E-state index is 11.3. The van der Waals surface area contributed by atoms with Crippen LogP contribution in [0.25, 0.3) is 0 Å². The largest absolute Gasteiger partial charge is 0.462 e. The molecule has 0 saturated heterocycles. The highest BCUT2D eigenvalue weighted by molar-refractivity contribution is 5.89. The molecule has 0 spiro atoms. The zero-order valence-electron chi connectivity index (χ0n) is 15.8. The molecule has 0 fully saturated rings. The van der Waals surface area contributed by atoms with Crippen molar-refractivity contribution in [1.82, 2.24) is 0 Å². The first kappa shape index (κ1) is 25.8. The van der Waals surface area contributed by atoms with Gasteiger partial charge in [0, 0.05) is 13.2 Å². The summed E-state index contributed by atoms with van der Waals surface area (Å²) in [4.78, 5) is 11.3. The van der Waals surface area contributed by atoms with Gasteiger partial charge in [-0.05, 0) is 32.4 Å². The minimum atomic E-state index is -0.228. The Kier molecular flexibility index (Phi) is 23.2. The van der Waals surface area contributed by atoms with Crippen molar-refractivity contribution in [3.8, 4) is 0 Å². The molecule has 25 heavy (non-hydrogen) atoms. The van der Waals surface area contributed by atoms with Gasteiger partial charge in [0.2, 0.25) is 0 Å². The molecule has 6 heteroatoms. The van der Waals surface area contributed by atoms with Gasteiger partial charge in [-0.15, -0.1) is 0 Å². The van der Waals surface area contributed by atoms with Gasteiger partial charge >= 0.3 is 5.97 Å². The highest BCUT2D eigenvalue weighted by Crippen LogP contribution is 2.01. The smallest absolute Gasteiger partial charge is 0.338 e. The summed E-state index contributed by atoms with van der Waals surface area (Å²) in [6, 6.07) is 9.05. The molecule has 146 valence electrons. The Labute approximate surface area is 151 Å². The van der Waals surface area contributed by atoms with Crippen molar-refractivity contribution < 1.29 is 29.2 Å². The van der Waals surface area contributed by atoms with E-state index < -0.39 is 0 Å². The molecular formula is C19H34O6. The number of benzene rings is 1. The van der Waals surface area contributed by atoms with E-state index in [1.807, 2.05) is 32.0 Å². The predicted octanol–water partition coefficient (Wildman–Crippen LogP) is 2.67. The molecule has 0 aliphatic heterocycles. The molecule has 0 aliphatic carbocycles. The zero-order valence-corrected chi connectivity index (χ0v) is 15.8. The van der Waals surface area contributed by atoms with E-state index in [-0.39, 0.29) is 19.2 Å². The quantitative estimate of drug-likeness (QED) is 0.494. The van der Waals surface area contributed by atoms with Gasteiger partial charge in [0.05, 0.1) is 38.6 Å². The minimum Gasteiger partial charge on any atom is -0.462 e. The van der Waals surface area contributed by atoms with Crippen LogP contribution in [0.2, 0.25) is 0 Å². The zero-order chi connectivity index (χ0) is 19.2. The van der Waals surface area contributed by atoms with Crippen LogP contribution in [0.4, 0.5) is 0 Å². The molecule has 0 bridgehead atoms. The summed E-state index contributed by atoms with van der Waals surface area (Å²) < 4.78 is 14.5. The summed E-state index contributed by atoms with van der Waals surface area (Å²) in [6.07, 6.45) is 1.97. The van der Waals surface area contributed by atoms with Crippen LogP contribution in [0.1, 0.15) is 44.0 Å². The molecule has 1 aromatic rings. The number of hydrogen-bond donors (Lipinski definition) is 2. The molecule has 0 radical (unpaired) electrons. The van der Waals surface area contributed by atoms with Gasteiger partial charge in [0.15, 0.2) is 0 Å². The molecular weight excluding hydrogens is 324 g/mol. The van der Waals surface area contributed by atoms with Crippen molar-refractivity contribution in [2.24, 2.45) is 0 Å². The second-order valence-corrected chi connectivity index (χ2v) is 4.70. The number of rotatable bonds is 10. The van der Waals surface area contributed by atoms with E-state index in [1.165, 1.54) is 0 Å². The summed E-state index contributed by atoms with van der Waals surface area (Å²) in [7, 11) is 0. The molecule has 1 rings (SSSR count). The molecule has 1 aromatic carbocycles. The highest BCUT2D eigenvalue weighted by atomic mass is 16.5. The van der Waals surface area contributed by atoms with Crippen LogP contribution in [0, 0.1) is 0 Å². The van der Waals surface area contributed by atoms with Crippen molar-refractivity contribution >= 4 is 5.97 Å².